The lowest BCUT2D eigenvalue weighted by molar-refractivity contribution is -0.00688. The van der Waals surface area contributed by atoms with Crippen molar-refractivity contribution >= 4 is 12.4 Å². The van der Waals surface area contributed by atoms with Crippen molar-refractivity contribution in [2.24, 2.45) is 5.92 Å². The van der Waals surface area contributed by atoms with Crippen LogP contribution in [0.1, 0.15) is 43.8 Å². The molecule has 0 N–H and O–H groups in total. The lowest BCUT2D eigenvalue weighted by Crippen LogP contribution is -2.24. The van der Waals surface area contributed by atoms with Gasteiger partial charge in [0.2, 0.25) is 0 Å². The number of hydrogen-bond donors (Lipinski definition) is 0. The summed E-state index contributed by atoms with van der Waals surface area (Å²) in [5.74, 6) is 0.707. The molecule has 0 radical (unpaired) electrons. The predicted octanol–water partition coefficient (Wildman–Crippen LogP) is 4.31. The summed E-state index contributed by atoms with van der Waals surface area (Å²) in [7, 11) is 4.20. The van der Waals surface area contributed by atoms with E-state index < -0.39 is 0 Å². The molecule has 1 fully saturated rings. The Labute approximate surface area is 129 Å². The Hall–Kier alpha value is -0.570. The van der Waals surface area contributed by atoms with E-state index in [-0.39, 0.29) is 12.4 Å². The van der Waals surface area contributed by atoms with Gasteiger partial charge in [-0.1, -0.05) is 49.6 Å². The molecule has 20 heavy (non-hydrogen) atoms. The summed E-state index contributed by atoms with van der Waals surface area (Å²) in [6.45, 7) is 1.82. The molecule has 1 unspecified atom stereocenters. The first kappa shape index (κ1) is 17.5. The van der Waals surface area contributed by atoms with Gasteiger partial charge in [0.25, 0.3) is 0 Å². The number of benzene rings is 1. The molecule has 2 rings (SSSR count). The fraction of sp³-hybridized carbons (Fsp3) is 0.647. The zero-order chi connectivity index (χ0) is 13.5. The summed E-state index contributed by atoms with van der Waals surface area (Å²) >= 11 is 0. The van der Waals surface area contributed by atoms with Crippen LogP contribution in [0.2, 0.25) is 0 Å². The normalized spacial score (nSPS) is 17.8. The Kier molecular flexibility index (Phi) is 8.20. The van der Waals surface area contributed by atoms with Crippen molar-refractivity contribution in [1.82, 2.24) is 4.90 Å². The lowest BCUT2D eigenvalue weighted by Gasteiger charge is -2.31. The fourth-order valence-electron chi connectivity index (χ4n) is 2.95. The smallest absolute Gasteiger partial charge is 0.0853 e. The summed E-state index contributed by atoms with van der Waals surface area (Å²) in [6, 6.07) is 10.8. The predicted molar refractivity (Wildman–Crippen MR) is 87.5 cm³/mol. The second-order valence-corrected chi connectivity index (χ2v) is 5.90. The van der Waals surface area contributed by atoms with Gasteiger partial charge in [0.05, 0.1) is 12.7 Å². The van der Waals surface area contributed by atoms with E-state index in [1.54, 1.807) is 0 Å². The molecule has 0 amide bonds. The van der Waals surface area contributed by atoms with E-state index in [0.717, 1.165) is 13.2 Å². The Balaban J connectivity index is 0.00000200. The number of rotatable bonds is 6. The quantitative estimate of drug-likeness (QED) is 0.776. The van der Waals surface area contributed by atoms with Crippen LogP contribution in [0.4, 0.5) is 0 Å². The molecule has 2 nitrogen and oxygen atoms in total. The van der Waals surface area contributed by atoms with Crippen LogP contribution >= 0.6 is 12.4 Å². The molecule has 1 atom stereocenters. The SMILES string of the molecule is CN(C)CCOC(c1ccccc1)C1CCCCC1.Cl. The molecule has 0 saturated heterocycles. The second kappa shape index (κ2) is 9.38. The molecule has 1 aliphatic rings. The van der Waals surface area contributed by atoms with Crippen LogP contribution in [0, 0.1) is 5.92 Å². The second-order valence-electron chi connectivity index (χ2n) is 5.90. The summed E-state index contributed by atoms with van der Waals surface area (Å²) in [4.78, 5) is 2.18. The van der Waals surface area contributed by atoms with Gasteiger partial charge in [-0.3, -0.25) is 0 Å². The van der Waals surface area contributed by atoms with Gasteiger partial charge in [-0.05, 0) is 38.4 Å². The minimum absolute atomic E-state index is 0. The van der Waals surface area contributed by atoms with Crippen molar-refractivity contribution < 1.29 is 4.74 Å². The molecule has 1 aromatic rings. The minimum Gasteiger partial charge on any atom is -0.372 e. The third-order valence-electron chi connectivity index (χ3n) is 4.04. The van der Waals surface area contributed by atoms with Crippen molar-refractivity contribution in [2.75, 3.05) is 27.2 Å². The highest BCUT2D eigenvalue weighted by molar-refractivity contribution is 5.85. The van der Waals surface area contributed by atoms with Gasteiger partial charge in [0, 0.05) is 6.54 Å². The van der Waals surface area contributed by atoms with E-state index in [4.69, 9.17) is 4.74 Å². The van der Waals surface area contributed by atoms with Gasteiger partial charge in [0.1, 0.15) is 0 Å². The minimum atomic E-state index is 0. The summed E-state index contributed by atoms with van der Waals surface area (Å²) in [5.41, 5.74) is 1.35. The highest BCUT2D eigenvalue weighted by Gasteiger charge is 2.25. The maximum absolute atomic E-state index is 6.24. The number of likely N-dealkylation sites (N-methyl/N-ethyl adjacent to an activating group) is 1. The fourth-order valence-corrected chi connectivity index (χ4v) is 2.95. The molecule has 0 bridgehead atoms. The van der Waals surface area contributed by atoms with Gasteiger partial charge in [-0.25, -0.2) is 0 Å². The van der Waals surface area contributed by atoms with Crippen molar-refractivity contribution in [1.29, 1.82) is 0 Å². The van der Waals surface area contributed by atoms with Crippen LogP contribution in [0.25, 0.3) is 0 Å². The van der Waals surface area contributed by atoms with E-state index in [2.05, 4.69) is 49.3 Å². The lowest BCUT2D eigenvalue weighted by atomic mass is 9.82. The zero-order valence-electron chi connectivity index (χ0n) is 12.8. The maximum Gasteiger partial charge on any atom is 0.0853 e. The molecule has 1 aliphatic carbocycles. The third kappa shape index (κ3) is 5.43. The highest BCUT2D eigenvalue weighted by atomic mass is 35.5. The topological polar surface area (TPSA) is 12.5 Å². The van der Waals surface area contributed by atoms with Crippen LogP contribution in [-0.4, -0.2) is 32.1 Å². The average molecular weight is 298 g/mol. The number of nitrogens with zero attached hydrogens (tertiary/aromatic N) is 1. The molecule has 1 aromatic carbocycles. The molecule has 1 saturated carbocycles. The molecule has 3 heteroatoms. The van der Waals surface area contributed by atoms with E-state index in [0.29, 0.717) is 12.0 Å². The van der Waals surface area contributed by atoms with Crippen molar-refractivity contribution in [3.63, 3.8) is 0 Å². The highest BCUT2D eigenvalue weighted by Crippen LogP contribution is 2.36. The molecular weight excluding hydrogens is 270 g/mol. The van der Waals surface area contributed by atoms with Gasteiger partial charge in [-0.15, -0.1) is 12.4 Å². The van der Waals surface area contributed by atoms with Crippen molar-refractivity contribution in [2.45, 2.75) is 38.2 Å². The van der Waals surface area contributed by atoms with Crippen LogP contribution in [0.15, 0.2) is 30.3 Å². The monoisotopic (exact) mass is 297 g/mol. The first-order chi connectivity index (χ1) is 9.27. The summed E-state index contributed by atoms with van der Waals surface area (Å²) in [5, 5.41) is 0. The van der Waals surface area contributed by atoms with Gasteiger partial charge in [-0.2, -0.15) is 0 Å². The Morgan fingerprint density at radius 3 is 2.35 bits per heavy atom. The Morgan fingerprint density at radius 1 is 1.10 bits per heavy atom. The Morgan fingerprint density at radius 2 is 1.75 bits per heavy atom. The van der Waals surface area contributed by atoms with Gasteiger partial charge in [0.15, 0.2) is 0 Å². The van der Waals surface area contributed by atoms with E-state index in [1.165, 1.54) is 37.7 Å². The molecule has 114 valence electrons. The largest absolute Gasteiger partial charge is 0.372 e. The van der Waals surface area contributed by atoms with E-state index in [1.807, 2.05) is 0 Å². The van der Waals surface area contributed by atoms with E-state index >= 15 is 0 Å². The zero-order valence-corrected chi connectivity index (χ0v) is 13.6. The summed E-state index contributed by atoms with van der Waals surface area (Å²) in [6.07, 6.45) is 7.07. The maximum atomic E-state index is 6.24. The van der Waals surface area contributed by atoms with Crippen LogP contribution in [0.3, 0.4) is 0 Å². The molecule has 0 spiro atoms. The van der Waals surface area contributed by atoms with Crippen molar-refractivity contribution in [3.05, 3.63) is 35.9 Å². The standard InChI is InChI=1S/C17H27NO.ClH/c1-18(2)13-14-19-17(15-9-5-3-6-10-15)16-11-7-4-8-12-16;/h3,5-6,9-10,16-17H,4,7-8,11-14H2,1-2H3;1H. The first-order valence-corrected chi connectivity index (χ1v) is 7.58. The number of hydrogen-bond acceptors (Lipinski definition) is 2. The number of halogens is 1. The third-order valence-corrected chi connectivity index (χ3v) is 4.04. The first-order valence-electron chi connectivity index (χ1n) is 7.58. The molecule has 0 aromatic heterocycles. The van der Waals surface area contributed by atoms with Crippen LogP contribution in [-0.2, 0) is 4.74 Å². The molecule has 0 heterocycles. The van der Waals surface area contributed by atoms with Crippen molar-refractivity contribution in [3.8, 4) is 0 Å². The van der Waals surface area contributed by atoms with E-state index in [9.17, 15) is 0 Å². The average Bonchev–Trinajstić information content (AvgIpc) is 2.45. The van der Waals surface area contributed by atoms with Gasteiger partial charge >= 0.3 is 0 Å². The molecular formula is C17H28ClNO. The Bertz CT molecular complexity index is 349. The van der Waals surface area contributed by atoms with Crippen LogP contribution < -0.4 is 0 Å². The summed E-state index contributed by atoms with van der Waals surface area (Å²) < 4.78 is 6.24. The van der Waals surface area contributed by atoms with Gasteiger partial charge < -0.3 is 9.64 Å². The molecule has 0 aliphatic heterocycles. The van der Waals surface area contributed by atoms with Crippen LogP contribution in [0.5, 0.6) is 0 Å². The number of ether oxygens (including phenoxy) is 1.